The van der Waals surface area contributed by atoms with E-state index in [2.05, 4.69) is 148 Å². The summed E-state index contributed by atoms with van der Waals surface area (Å²) >= 11 is 0. The zero-order valence-corrected chi connectivity index (χ0v) is 31.2. The fraction of sp³-hybridized carbons (Fsp3) is 0.191. The van der Waals surface area contributed by atoms with Crippen molar-refractivity contribution in [3.63, 3.8) is 0 Å². The molecule has 0 fully saturated rings. The highest BCUT2D eigenvalue weighted by Crippen LogP contribution is 2.49. The van der Waals surface area contributed by atoms with Crippen molar-refractivity contribution in [2.24, 2.45) is 0 Å². The molecule has 0 radical (unpaired) electrons. The van der Waals surface area contributed by atoms with Gasteiger partial charge in [-0.3, -0.25) is 0 Å². The van der Waals surface area contributed by atoms with Crippen molar-refractivity contribution in [1.82, 2.24) is 0 Å². The van der Waals surface area contributed by atoms with Crippen LogP contribution in [-0.2, 0) is 10.8 Å². The molecule has 0 N–H and O–H groups in total. The largest absolute Gasteiger partial charge is 0.573 e. The van der Waals surface area contributed by atoms with E-state index in [4.69, 9.17) is 4.74 Å². The summed E-state index contributed by atoms with van der Waals surface area (Å²) in [6, 6.07) is 45.2. The van der Waals surface area contributed by atoms with Gasteiger partial charge in [0.2, 0.25) is 0 Å². The zero-order valence-electron chi connectivity index (χ0n) is 31.2. The number of halogens is 3. The van der Waals surface area contributed by atoms with Crippen LogP contribution in [0.3, 0.4) is 0 Å². The van der Waals surface area contributed by atoms with Gasteiger partial charge in [0.1, 0.15) is 5.75 Å². The van der Waals surface area contributed by atoms with E-state index in [9.17, 15) is 13.2 Å². The molecule has 0 saturated heterocycles. The van der Waals surface area contributed by atoms with E-state index in [1.807, 2.05) is 24.3 Å². The molecule has 2 heterocycles. The molecule has 2 aliphatic heterocycles. The topological polar surface area (TPSA) is 15.7 Å². The van der Waals surface area contributed by atoms with Crippen molar-refractivity contribution >= 4 is 78.8 Å². The highest BCUT2D eigenvalue weighted by Gasteiger charge is 2.45. The highest BCUT2D eigenvalue weighted by molar-refractivity contribution is 7.00. The molecule has 9 rings (SSSR count). The molecule has 2 aliphatic rings. The number of anilines is 6. The van der Waals surface area contributed by atoms with Crippen LogP contribution in [0.15, 0.2) is 133 Å². The van der Waals surface area contributed by atoms with E-state index in [-0.39, 0.29) is 23.3 Å². The number of alkyl halides is 3. The Kier molecular flexibility index (Phi) is 7.52. The van der Waals surface area contributed by atoms with Crippen LogP contribution in [0.1, 0.15) is 52.7 Å². The van der Waals surface area contributed by atoms with Crippen molar-refractivity contribution in [3.05, 3.63) is 145 Å². The number of benzene rings is 7. The second-order valence-corrected chi connectivity index (χ2v) is 16.6. The summed E-state index contributed by atoms with van der Waals surface area (Å²) < 4.78 is 47.8. The van der Waals surface area contributed by atoms with Gasteiger partial charge in [0, 0.05) is 57.0 Å². The molecule has 0 aliphatic carbocycles. The predicted molar refractivity (Wildman–Crippen MR) is 220 cm³/mol. The Bertz CT molecular complexity index is 2430. The van der Waals surface area contributed by atoms with Crippen LogP contribution in [0.25, 0.3) is 21.5 Å². The number of fused-ring (bicyclic) bond motifs is 8. The van der Waals surface area contributed by atoms with Gasteiger partial charge in [0.05, 0.1) is 0 Å². The maximum absolute atomic E-state index is 14.3. The fourth-order valence-electron chi connectivity index (χ4n) is 8.44. The van der Waals surface area contributed by atoms with Gasteiger partial charge in [-0.05, 0) is 73.4 Å². The Hall–Kier alpha value is -5.69. The lowest BCUT2D eigenvalue weighted by atomic mass is 9.33. The fourth-order valence-corrected chi connectivity index (χ4v) is 8.44. The summed E-state index contributed by atoms with van der Waals surface area (Å²) in [5.74, 6) is -0.269. The molecular weight excluding hydrogens is 676 g/mol. The predicted octanol–water partition coefficient (Wildman–Crippen LogP) is 11.6. The average molecular weight is 717 g/mol. The van der Waals surface area contributed by atoms with Gasteiger partial charge < -0.3 is 14.5 Å². The van der Waals surface area contributed by atoms with E-state index in [1.54, 1.807) is 12.1 Å². The Morgan fingerprint density at radius 2 is 0.907 bits per heavy atom. The van der Waals surface area contributed by atoms with Gasteiger partial charge in [0.25, 0.3) is 6.71 Å². The summed E-state index contributed by atoms with van der Waals surface area (Å²) in [5.41, 5.74) is 10.2. The third kappa shape index (κ3) is 5.52. The minimum absolute atomic E-state index is 0.0781. The summed E-state index contributed by atoms with van der Waals surface area (Å²) in [6.07, 6.45) is -4.89. The van der Waals surface area contributed by atoms with Crippen molar-refractivity contribution < 1.29 is 17.9 Å². The van der Waals surface area contributed by atoms with Crippen molar-refractivity contribution in [1.29, 1.82) is 0 Å². The molecule has 0 bridgehead atoms. The molecule has 268 valence electrons. The first kappa shape index (κ1) is 34.1. The average Bonchev–Trinajstić information content (AvgIpc) is 3.13. The first-order valence-electron chi connectivity index (χ1n) is 18.5. The molecule has 7 heteroatoms. The van der Waals surface area contributed by atoms with E-state index in [0.29, 0.717) is 11.4 Å². The standard InChI is InChI=1S/C47H40BF3N2O/c1-45(2,3)31-17-21-33(22-18-31)52-40-27-35(54-47(49,50)51)28-41-42(40)48(38-25-15-29-11-7-9-13-36(29)43(38)52)39-26-16-30-12-8-10-14-37(30)44(39)53(41)34-23-19-32(20-24-34)46(4,5)6/h7-28H,1-6H3. The summed E-state index contributed by atoms with van der Waals surface area (Å²) in [4.78, 5) is 4.30. The molecule has 0 atom stereocenters. The maximum Gasteiger partial charge on any atom is 0.573 e. The Morgan fingerprint density at radius 3 is 1.30 bits per heavy atom. The molecule has 0 amide bonds. The van der Waals surface area contributed by atoms with Crippen LogP contribution in [-0.4, -0.2) is 13.1 Å². The van der Waals surface area contributed by atoms with Gasteiger partial charge in [-0.2, -0.15) is 0 Å². The molecule has 54 heavy (non-hydrogen) atoms. The lowest BCUT2D eigenvalue weighted by molar-refractivity contribution is -0.274. The maximum atomic E-state index is 14.3. The SMILES string of the molecule is CC(C)(C)c1ccc(N2c3cc(OC(F)(F)F)cc4c3B(c3ccc5ccccc5c32)c2ccc3ccccc3c2N4c2ccc(C(C)(C)C)cc2)cc1. The number of rotatable bonds is 3. The molecule has 7 aromatic rings. The van der Waals surface area contributed by atoms with E-state index in [0.717, 1.165) is 60.7 Å². The van der Waals surface area contributed by atoms with Crippen LogP contribution in [0, 0.1) is 0 Å². The van der Waals surface area contributed by atoms with Gasteiger partial charge in [-0.1, -0.05) is 139 Å². The third-order valence-electron chi connectivity index (χ3n) is 11.0. The molecule has 7 aromatic carbocycles. The normalized spacial score (nSPS) is 13.9. The van der Waals surface area contributed by atoms with Crippen LogP contribution < -0.4 is 30.9 Å². The van der Waals surface area contributed by atoms with Gasteiger partial charge in [-0.15, -0.1) is 13.2 Å². The van der Waals surface area contributed by atoms with E-state index >= 15 is 0 Å². The highest BCUT2D eigenvalue weighted by atomic mass is 19.4. The molecule has 0 unspecified atom stereocenters. The van der Waals surface area contributed by atoms with Crippen LogP contribution in [0.2, 0.25) is 0 Å². The lowest BCUT2D eigenvalue weighted by Gasteiger charge is -2.45. The molecule has 0 saturated carbocycles. The summed E-state index contributed by atoms with van der Waals surface area (Å²) in [5, 5.41) is 4.14. The van der Waals surface area contributed by atoms with Crippen molar-refractivity contribution in [3.8, 4) is 5.75 Å². The number of hydrogen-bond acceptors (Lipinski definition) is 3. The molecular formula is C47H40BF3N2O. The summed E-state index contributed by atoms with van der Waals surface area (Å²) in [7, 11) is 0. The lowest BCUT2D eigenvalue weighted by Crippen LogP contribution is -2.61. The molecule has 0 spiro atoms. The second kappa shape index (κ2) is 11.9. The molecule has 0 aromatic heterocycles. The first-order valence-corrected chi connectivity index (χ1v) is 18.5. The third-order valence-corrected chi connectivity index (χ3v) is 11.0. The van der Waals surface area contributed by atoms with Gasteiger partial charge >= 0.3 is 6.36 Å². The number of hydrogen-bond donors (Lipinski definition) is 0. The first-order chi connectivity index (χ1) is 25.7. The minimum atomic E-state index is -4.89. The monoisotopic (exact) mass is 716 g/mol. The van der Waals surface area contributed by atoms with E-state index in [1.165, 1.54) is 11.1 Å². The Labute approximate surface area is 314 Å². The van der Waals surface area contributed by atoms with Gasteiger partial charge in [0.15, 0.2) is 0 Å². The van der Waals surface area contributed by atoms with Crippen LogP contribution >= 0.6 is 0 Å². The van der Waals surface area contributed by atoms with Crippen LogP contribution in [0.5, 0.6) is 5.75 Å². The van der Waals surface area contributed by atoms with Crippen molar-refractivity contribution in [2.75, 3.05) is 9.80 Å². The van der Waals surface area contributed by atoms with E-state index < -0.39 is 6.36 Å². The smallest absolute Gasteiger partial charge is 0.406 e. The Balaban J connectivity index is 1.42. The quantitative estimate of drug-likeness (QED) is 0.169. The summed E-state index contributed by atoms with van der Waals surface area (Å²) in [6.45, 7) is 12.8. The number of ether oxygens (including phenoxy) is 1. The Morgan fingerprint density at radius 1 is 0.500 bits per heavy atom. The van der Waals surface area contributed by atoms with Crippen molar-refractivity contribution in [2.45, 2.75) is 58.7 Å². The zero-order chi connectivity index (χ0) is 37.7. The number of nitrogens with zero attached hydrogens (tertiary/aromatic N) is 2. The van der Waals surface area contributed by atoms with Crippen LogP contribution in [0.4, 0.5) is 47.3 Å². The van der Waals surface area contributed by atoms with Gasteiger partial charge in [-0.25, -0.2) is 0 Å². The molecule has 3 nitrogen and oxygen atoms in total. The minimum Gasteiger partial charge on any atom is -0.406 e. The second-order valence-electron chi connectivity index (χ2n) is 16.6.